The molecule has 2 amide bonds. The molecule has 0 aliphatic carbocycles. The van der Waals surface area contributed by atoms with Gasteiger partial charge in [-0.3, -0.25) is 9.59 Å². The molecule has 3 rings (SSSR count). The minimum absolute atomic E-state index is 0.0287. The fourth-order valence-corrected chi connectivity index (χ4v) is 3.92. The summed E-state index contributed by atoms with van der Waals surface area (Å²) in [7, 11) is 3.15. The van der Waals surface area contributed by atoms with Gasteiger partial charge in [0.05, 0.1) is 25.7 Å². The van der Waals surface area contributed by atoms with Gasteiger partial charge in [-0.2, -0.15) is 0 Å². The van der Waals surface area contributed by atoms with E-state index in [2.05, 4.69) is 5.32 Å². The minimum Gasteiger partial charge on any atom is -0.493 e. The lowest BCUT2D eigenvalue weighted by Gasteiger charge is -2.28. The Morgan fingerprint density at radius 3 is 2.74 bits per heavy atom. The topological polar surface area (TPSA) is 67.9 Å². The minimum atomic E-state index is -0.122. The lowest BCUT2D eigenvalue weighted by molar-refractivity contribution is -0.121. The molecule has 6 nitrogen and oxygen atoms in total. The van der Waals surface area contributed by atoms with Crippen molar-refractivity contribution in [1.82, 2.24) is 5.32 Å². The predicted octanol–water partition coefficient (Wildman–Crippen LogP) is 2.85. The highest BCUT2D eigenvalue weighted by molar-refractivity contribution is 8.00. The van der Waals surface area contributed by atoms with E-state index in [9.17, 15) is 9.59 Å². The Labute approximate surface area is 162 Å². The van der Waals surface area contributed by atoms with Gasteiger partial charge >= 0.3 is 0 Å². The quantitative estimate of drug-likeness (QED) is 0.793. The van der Waals surface area contributed by atoms with Crippen LogP contribution in [0.25, 0.3) is 0 Å². The first kappa shape index (κ1) is 19.1. The molecule has 2 aromatic rings. The van der Waals surface area contributed by atoms with Crippen LogP contribution in [0.2, 0.25) is 0 Å². The Hall–Kier alpha value is -2.67. The molecule has 0 fully saturated rings. The average Bonchev–Trinajstić information content (AvgIpc) is 2.71. The number of carbonyl (C=O) groups is 2. The van der Waals surface area contributed by atoms with Gasteiger partial charge in [-0.25, -0.2) is 0 Å². The second-order valence-electron chi connectivity index (χ2n) is 5.98. The van der Waals surface area contributed by atoms with Gasteiger partial charge in [0.1, 0.15) is 0 Å². The number of nitrogens with one attached hydrogen (secondary N) is 1. The number of anilines is 1. The molecule has 142 valence electrons. The van der Waals surface area contributed by atoms with Crippen molar-refractivity contribution >= 4 is 29.3 Å². The Kier molecular flexibility index (Phi) is 6.24. The number of ether oxygens (including phenoxy) is 2. The Morgan fingerprint density at radius 1 is 1.15 bits per heavy atom. The van der Waals surface area contributed by atoms with E-state index in [-0.39, 0.29) is 18.2 Å². The number of thioether (sulfide) groups is 1. The van der Waals surface area contributed by atoms with Crippen LogP contribution in [-0.4, -0.2) is 38.3 Å². The SMILES string of the molecule is COc1cccc(CNC(=O)CCN2C(=O)CSc3ccccc32)c1OC. The Morgan fingerprint density at radius 2 is 1.96 bits per heavy atom. The number of amides is 2. The molecule has 0 saturated heterocycles. The van der Waals surface area contributed by atoms with Crippen molar-refractivity contribution < 1.29 is 19.1 Å². The van der Waals surface area contributed by atoms with E-state index in [4.69, 9.17) is 9.47 Å². The van der Waals surface area contributed by atoms with Crippen LogP contribution in [0.3, 0.4) is 0 Å². The van der Waals surface area contributed by atoms with E-state index < -0.39 is 0 Å². The molecule has 0 atom stereocenters. The van der Waals surface area contributed by atoms with Crippen molar-refractivity contribution in [3.05, 3.63) is 48.0 Å². The highest BCUT2D eigenvalue weighted by Crippen LogP contribution is 2.35. The summed E-state index contributed by atoms with van der Waals surface area (Å²) in [6, 6.07) is 13.3. The van der Waals surface area contributed by atoms with E-state index in [1.807, 2.05) is 42.5 Å². The van der Waals surface area contributed by atoms with Gasteiger partial charge in [0.25, 0.3) is 0 Å². The summed E-state index contributed by atoms with van der Waals surface area (Å²) < 4.78 is 10.6. The summed E-state index contributed by atoms with van der Waals surface area (Å²) in [4.78, 5) is 27.3. The van der Waals surface area contributed by atoms with Gasteiger partial charge in [-0.15, -0.1) is 11.8 Å². The second-order valence-corrected chi connectivity index (χ2v) is 7.00. The standard InChI is InChI=1S/C20H22N2O4S/c1-25-16-8-5-6-14(20(16)26-2)12-21-18(23)10-11-22-15-7-3-4-9-17(15)27-13-19(22)24/h3-9H,10-13H2,1-2H3,(H,21,23). The van der Waals surface area contributed by atoms with E-state index in [0.29, 0.717) is 30.3 Å². The molecule has 0 aromatic heterocycles. The van der Waals surface area contributed by atoms with E-state index in [1.165, 1.54) is 11.8 Å². The molecule has 1 N–H and O–H groups in total. The van der Waals surface area contributed by atoms with E-state index in [0.717, 1.165) is 16.1 Å². The monoisotopic (exact) mass is 386 g/mol. The molecular weight excluding hydrogens is 364 g/mol. The van der Waals surface area contributed by atoms with E-state index in [1.54, 1.807) is 19.1 Å². The molecule has 0 saturated carbocycles. The van der Waals surface area contributed by atoms with Crippen molar-refractivity contribution in [3.63, 3.8) is 0 Å². The molecule has 0 unspecified atom stereocenters. The Balaban J connectivity index is 1.59. The lowest BCUT2D eigenvalue weighted by atomic mass is 10.2. The van der Waals surface area contributed by atoms with Crippen molar-refractivity contribution in [2.75, 3.05) is 31.4 Å². The summed E-state index contributed by atoms with van der Waals surface area (Å²) in [5.41, 5.74) is 1.71. The van der Waals surface area contributed by atoms with E-state index >= 15 is 0 Å². The first-order valence-electron chi connectivity index (χ1n) is 8.62. The molecule has 1 aliphatic heterocycles. The van der Waals surface area contributed by atoms with Crippen LogP contribution in [0.4, 0.5) is 5.69 Å². The smallest absolute Gasteiger partial charge is 0.237 e. The van der Waals surface area contributed by atoms with Crippen LogP contribution in [0, 0.1) is 0 Å². The predicted molar refractivity (Wildman–Crippen MR) is 106 cm³/mol. The number of benzene rings is 2. The molecule has 0 bridgehead atoms. The van der Waals surface area contributed by atoms with Crippen molar-refractivity contribution in [1.29, 1.82) is 0 Å². The van der Waals surface area contributed by atoms with Gasteiger partial charge < -0.3 is 19.7 Å². The maximum atomic E-state index is 12.3. The van der Waals surface area contributed by atoms with Crippen molar-refractivity contribution in [3.8, 4) is 11.5 Å². The van der Waals surface area contributed by atoms with Crippen LogP contribution in [-0.2, 0) is 16.1 Å². The summed E-state index contributed by atoms with van der Waals surface area (Å²) in [6.07, 6.45) is 0.233. The number of rotatable bonds is 7. The van der Waals surface area contributed by atoms with Crippen LogP contribution >= 0.6 is 11.8 Å². The molecular formula is C20H22N2O4S. The maximum absolute atomic E-state index is 12.3. The third kappa shape index (κ3) is 4.36. The van der Waals surface area contributed by atoms with Gasteiger partial charge in [-0.05, 0) is 18.2 Å². The van der Waals surface area contributed by atoms with Crippen LogP contribution in [0.15, 0.2) is 47.4 Å². The lowest BCUT2D eigenvalue weighted by Crippen LogP contribution is -2.38. The highest BCUT2D eigenvalue weighted by Gasteiger charge is 2.24. The number of para-hydroxylation sites is 2. The molecule has 0 spiro atoms. The van der Waals surface area contributed by atoms with Gasteiger partial charge in [0.15, 0.2) is 11.5 Å². The molecule has 1 aliphatic rings. The third-order valence-electron chi connectivity index (χ3n) is 4.33. The molecule has 1 heterocycles. The number of hydrogen-bond donors (Lipinski definition) is 1. The average molecular weight is 386 g/mol. The van der Waals surface area contributed by atoms with Crippen molar-refractivity contribution in [2.24, 2.45) is 0 Å². The fourth-order valence-electron chi connectivity index (χ4n) is 2.99. The number of fused-ring (bicyclic) bond motifs is 1. The van der Waals surface area contributed by atoms with Gasteiger partial charge in [-0.1, -0.05) is 24.3 Å². The normalized spacial score (nSPS) is 13.1. The second kappa shape index (κ2) is 8.81. The maximum Gasteiger partial charge on any atom is 0.237 e. The zero-order valence-corrected chi connectivity index (χ0v) is 16.2. The molecule has 0 radical (unpaired) electrons. The number of hydrogen-bond acceptors (Lipinski definition) is 5. The number of nitrogens with zero attached hydrogens (tertiary/aromatic N) is 1. The highest BCUT2D eigenvalue weighted by atomic mass is 32.2. The summed E-state index contributed by atoms with van der Waals surface area (Å²) >= 11 is 1.53. The van der Waals surface area contributed by atoms with Gasteiger partial charge in [0.2, 0.25) is 11.8 Å². The summed E-state index contributed by atoms with van der Waals surface area (Å²) in [5, 5.41) is 2.89. The molecule has 7 heteroatoms. The first-order valence-corrected chi connectivity index (χ1v) is 9.61. The van der Waals surface area contributed by atoms with Gasteiger partial charge in [0, 0.05) is 30.0 Å². The zero-order valence-electron chi connectivity index (χ0n) is 15.4. The number of carbonyl (C=O) groups excluding carboxylic acids is 2. The largest absolute Gasteiger partial charge is 0.493 e. The summed E-state index contributed by atoms with van der Waals surface area (Å²) in [5.74, 6) is 1.54. The molecule has 2 aromatic carbocycles. The van der Waals surface area contributed by atoms with Crippen molar-refractivity contribution in [2.45, 2.75) is 17.9 Å². The number of methoxy groups -OCH3 is 2. The van der Waals surface area contributed by atoms with Crippen LogP contribution in [0.1, 0.15) is 12.0 Å². The van der Waals surface area contributed by atoms with Crippen LogP contribution < -0.4 is 19.7 Å². The van der Waals surface area contributed by atoms with Crippen LogP contribution in [0.5, 0.6) is 11.5 Å². The zero-order chi connectivity index (χ0) is 19.2. The Bertz CT molecular complexity index is 840. The first-order chi connectivity index (χ1) is 13.1. The fraction of sp³-hybridized carbons (Fsp3) is 0.300. The molecule has 27 heavy (non-hydrogen) atoms. The third-order valence-corrected chi connectivity index (χ3v) is 5.38. The summed E-state index contributed by atoms with van der Waals surface area (Å²) in [6.45, 7) is 0.692.